The van der Waals surface area contributed by atoms with Crippen molar-refractivity contribution in [1.82, 2.24) is 10.2 Å². The van der Waals surface area contributed by atoms with Crippen molar-refractivity contribution >= 4 is 22.5 Å². The molecule has 0 unspecified atom stereocenters. The molecule has 0 aliphatic carbocycles. The van der Waals surface area contributed by atoms with E-state index in [0.29, 0.717) is 23.4 Å². The standard InChI is InChI=1S/C23H19F2N3O2/c24-23(25)30-21-11-10-17(13-16(21)12-15-6-2-1-3-7-15)26-22(29)14-20-18-8-4-5-9-19(18)27-28-20/h1-11,13,23H,12,14H2,(H,26,29)(H,27,28). The molecular weight excluding hydrogens is 388 g/mol. The Kier molecular flexibility index (Phi) is 5.70. The number of rotatable bonds is 7. The molecule has 0 aliphatic heterocycles. The third-order valence-corrected chi connectivity index (χ3v) is 4.68. The van der Waals surface area contributed by atoms with E-state index in [1.54, 1.807) is 12.1 Å². The number of para-hydroxylation sites is 1. The number of ether oxygens (including phenoxy) is 1. The minimum Gasteiger partial charge on any atom is -0.435 e. The van der Waals surface area contributed by atoms with Crippen LogP contribution in [-0.4, -0.2) is 22.7 Å². The molecule has 1 heterocycles. The van der Waals surface area contributed by atoms with E-state index < -0.39 is 6.61 Å². The maximum atomic E-state index is 12.8. The van der Waals surface area contributed by atoms with E-state index in [1.807, 2.05) is 54.6 Å². The molecule has 152 valence electrons. The molecule has 0 spiro atoms. The zero-order chi connectivity index (χ0) is 20.9. The summed E-state index contributed by atoms with van der Waals surface area (Å²) < 4.78 is 30.2. The van der Waals surface area contributed by atoms with Crippen LogP contribution in [0.5, 0.6) is 5.75 Å². The smallest absolute Gasteiger partial charge is 0.387 e. The molecule has 0 fully saturated rings. The van der Waals surface area contributed by atoms with Crippen LogP contribution in [0.3, 0.4) is 0 Å². The number of hydrogen-bond acceptors (Lipinski definition) is 3. The summed E-state index contributed by atoms with van der Waals surface area (Å²) in [6, 6.07) is 21.6. The predicted molar refractivity (Wildman–Crippen MR) is 111 cm³/mol. The normalized spacial score (nSPS) is 11.0. The van der Waals surface area contributed by atoms with Crippen molar-refractivity contribution in [1.29, 1.82) is 0 Å². The highest BCUT2D eigenvalue weighted by Crippen LogP contribution is 2.27. The van der Waals surface area contributed by atoms with E-state index in [0.717, 1.165) is 16.5 Å². The Morgan fingerprint density at radius 1 is 1.03 bits per heavy atom. The van der Waals surface area contributed by atoms with Gasteiger partial charge in [0.2, 0.25) is 5.91 Å². The summed E-state index contributed by atoms with van der Waals surface area (Å²) in [5.74, 6) is -0.149. The lowest BCUT2D eigenvalue weighted by molar-refractivity contribution is -0.115. The van der Waals surface area contributed by atoms with Crippen molar-refractivity contribution in [3.8, 4) is 5.75 Å². The fraction of sp³-hybridized carbons (Fsp3) is 0.130. The van der Waals surface area contributed by atoms with Gasteiger partial charge in [-0.3, -0.25) is 9.89 Å². The van der Waals surface area contributed by atoms with Crippen molar-refractivity contribution in [2.45, 2.75) is 19.5 Å². The Hall–Kier alpha value is -3.74. The van der Waals surface area contributed by atoms with Gasteiger partial charge in [0.1, 0.15) is 5.75 Å². The first-order valence-corrected chi connectivity index (χ1v) is 9.42. The lowest BCUT2D eigenvalue weighted by Gasteiger charge is -2.13. The van der Waals surface area contributed by atoms with Crippen molar-refractivity contribution in [3.63, 3.8) is 0 Å². The highest BCUT2D eigenvalue weighted by Gasteiger charge is 2.14. The summed E-state index contributed by atoms with van der Waals surface area (Å²) in [4.78, 5) is 12.5. The lowest BCUT2D eigenvalue weighted by atomic mass is 10.0. The molecule has 0 aliphatic rings. The van der Waals surface area contributed by atoms with Crippen LogP contribution in [0.4, 0.5) is 14.5 Å². The van der Waals surface area contributed by atoms with Gasteiger partial charge in [-0.15, -0.1) is 0 Å². The number of halogens is 2. The highest BCUT2D eigenvalue weighted by atomic mass is 19.3. The number of benzene rings is 3. The summed E-state index contributed by atoms with van der Waals surface area (Å²) in [6.45, 7) is -2.92. The summed E-state index contributed by atoms with van der Waals surface area (Å²) in [6.07, 6.45) is 0.515. The van der Waals surface area contributed by atoms with E-state index in [-0.39, 0.29) is 18.1 Å². The van der Waals surface area contributed by atoms with E-state index in [2.05, 4.69) is 20.3 Å². The van der Waals surface area contributed by atoms with E-state index in [1.165, 1.54) is 6.07 Å². The van der Waals surface area contributed by atoms with Crippen LogP contribution >= 0.6 is 0 Å². The number of aromatic nitrogens is 2. The number of aromatic amines is 1. The van der Waals surface area contributed by atoms with Gasteiger partial charge in [0.05, 0.1) is 17.6 Å². The summed E-state index contributed by atoms with van der Waals surface area (Å²) in [5.41, 5.74) is 3.52. The second-order valence-electron chi connectivity index (χ2n) is 6.81. The van der Waals surface area contributed by atoms with Crippen molar-refractivity contribution in [2.75, 3.05) is 5.32 Å². The van der Waals surface area contributed by atoms with Crippen molar-refractivity contribution in [3.05, 3.63) is 89.6 Å². The average molecular weight is 407 g/mol. The first-order valence-electron chi connectivity index (χ1n) is 9.42. The zero-order valence-corrected chi connectivity index (χ0v) is 15.9. The molecule has 4 aromatic rings. The third kappa shape index (κ3) is 4.63. The average Bonchev–Trinajstić information content (AvgIpc) is 3.13. The molecule has 7 heteroatoms. The van der Waals surface area contributed by atoms with Crippen LogP contribution in [0.2, 0.25) is 0 Å². The molecule has 4 rings (SSSR count). The minimum atomic E-state index is -2.92. The molecule has 5 nitrogen and oxygen atoms in total. The number of amides is 1. The van der Waals surface area contributed by atoms with E-state index in [4.69, 9.17) is 0 Å². The van der Waals surface area contributed by atoms with Crippen LogP contribution in [-0.2, 0) is 17.6 Å². The van der Waals surface area contributed by atoms with E-state index >= 15 is 0 Å². The molecule has 2 N–H and O–H groups in total. The predicted octanol–water partition coefficient (Wildman–Crippen LogP) is 4.94. The SMILES string of the molecule is O=C(Cc1[nH]nc2ccccc12)Nc1ccc(OC(F)F)c(Cc2ccccc2)c1. The van der Waals surface area contributed by atoms with Gasteiger partial charge in [0.25, 0.3) is 0 Å². The van der Waals surface area contributed by atoms with Crippen LogP contribution in [0.25, 0.3) is 10.9 Å². The second-order valence-corrected chi connectivity index (χ2v) is 6.81. The summed E-state index contributed by atoms with van der Waals surface area (Å²) >= 11 is 0. The number of fused-ring (bicyclic) bond motifs is 1. The molecule has 1 aromatic heterocycles. The Morgan fingerprint density at radius 3 is 2.60 bits per heavy atom. The maximum absolute atomic E-state index is 12.8. The molecule has 0 radical (unpaired) electrons. The number of nitrogens with one attached hydrogen (secondary N) is 2. The molecular formula is C23H19F2N3O2. The van der Waals surface area contributed by atoms with Gasteiger partial charge in [-0.2, -0.15) is 13.9 Å². The number of H-pyrrole nitrogens is 1. The van der Waals surface area contributed by atoms with Gasteiger partial charge in [0.15, 0.2) is 0 Å². The van der Waals surface area contributed by atoms with Crippen LogP contribution < -0.4 is 10.1 Å². The quantitative estimate of drug-likeness (QED) is 0.456. The molecule has 0 atom stereocenters. The van der Waals surface area contributed by atoms with Gasteiger partial charge >= 0.3 is 6.61 Å². The molecule has 0 saturated carbocycles. The van der Waals surface area contributed by atoms with Crippen molar-refractivity contribution < 1.29 is 18.3 Å². The van der Waals surface area contributed by atoms with Gasteiger partial charge in [-0.05, 0) is 29.8 Å². The monoisotopic (exact) mass is 407 g/mol. The number of alkyl halides is 2. The van der Waals surface area contributed by atoms with Crippen molar-refractivity contribution in [2.24, 2.45) is 0 Å². The number of nitrogens with zero attached hydrogens (tertiary/aromatic N) is 1. The molecule has 30 heavy (non-hydrogen) atoms. The van der Waals surface area contributed by atoms with E-state index in [9.17, 15) is 13.6 Å². The number of hydrogen-bond donors (Lipinski definition) is 2. The first-order chi connectivity index (χ1) is 14.6. The number of anilines is 1. The van der Waals surface area contributed by atoms with Gasteiger partial charge in [-0.25, -0.2) is 0 Å². The molecule has 3 aromatic carbocycles. The van der Waals surface area contributed by atoms with Gasteiger partial charge < -0.3 is 10.1 Å². The fourth-order valence-corrected chi connectivity index (χ4v) is 3.34. The summed E-state index contributed by atoms with van der Waals surface area (Å²) in [5, 5.41) is 10.8. The Labute approximate surface area is 171 Å². The zero-order valence-electron chi connectivity index (χ0n) is 15.9. The molecule has 0 bridgehead atoms. The minimum absolute atomic E-state index is 0.0893. The maximum Gasteiger partial charge on any atom is 0.387 e. The molecule has 1 amide bonds. The first kappa shape index (κ1) is 19.6. The Balaban J connectivity index is 1.53. The topological polar surface area (TPSA) is 67.0 Å². The largest absolute Gasteiger partial charge is 0.435 e. The highest BCUT2D eigenvalue weighted by molar-refractivity contribution is 5.95. The van der Waals surface area contributed by atoms with Gasteiger partial charge in [-0.1, -0.05) is 48.5 Å². The number of carbonyl (C=O) groups excluding carboxylic acids is 1. The Morgan fingerprint density at radius 2 is 1.80 bits per heavy atom. The van der Waals surface area contributed by atoms with Crippen LogP contribution in [0, 0.1) is 0 Å². The Bertz CT molecular complexity index is 1160. The third-order valence-electron chi connectivity index (χ3n) is 4.68. The lowest BCUT2D eigenvalue weighted by Crippen LogP contribution is -2.15. The fourth-order valence-electron chi connectivity index (χ4n) is 3.34. The summed E-state index contributed by atoms with van der Waals surface area (Å²) in [7, 11) is 0. The number of carbonyl (C=O) groups is 1. The molecule has 0 saturated heterocycles. The van der Waals surface area contributed by atoms with Crippen LogP contribution in [0.15, 0.2) is 72.8 Å². The second kappa shape index (κ2) is 8.73. The van der Waals surface area contributed by atoms with Crippen LogP contribution in [0.1, 0.15) is 16.8 Å². The van der Waals surface area contributed by atoms with Gasteiger partial charge in [0, 0.05) is 23.1 Å².